The van der Waals surface area contributed by atoms with Crippen LogP contribution in [0.1, 0.15) is 24.2 Å². The Hall–Kier alpha value is -1.51. The van der Waals surface area contributed by atoms with Crippen molar-refractivity contribution >= 4 is 35.8 Å². The molecule has 1 amide bonds. The van der Waals surface area contributed by atoms with Crippen molar-refractivity contribution in [3.05, 3.63) is 29.8 Å². The van der Waals surface area contributed by atoms with E-state index in [9.17, 15) is 4.79 Å². The molecule has 0 aliphatic rings. The Labute approximate surface area is 149 Å². The molecule has 7 heteroatoms. The summed E-state index contributed by atoms with van der Waals surface area (Å²) in [6.07, 6.45) is 0. The number of nitrogens with one attached hydrogen (secondary N) is 3. The van der Waals surface area contributed by atoms with E-state index in [0.717, 1.165) is 24.8 Å². The highest BCUT2D eigenvalue weighted by Crippen LogP contribution is 2.10. The number of benzene rings is 1. The molecular formula is C15H25IN4O2. The molecule has 0 saturated heterocycles. The topological polar surface area (TPSA) is 74.8 Å². The maximum Gasteiger partial charge on any atom is 0.251 e. The number of hydrogen-bond acceptors (Lipinski definition) is 3. The fourth-order valence-electron chi connectivity index (χ4n) is 1.69. The Kier molecular flexibility index (Phi) is 11.2. The number of rotatable bonds is 7. The SMILES string of the molecule is CCNC(=NCCNC(=O)c1ccc(OC)cc1)NCC.I. The lowest BCUT2D eigenvalue weighted by Gasteiger charge is -2.09. The lowest BCUT2D eigenvalue weighted by Crippen LogP contribution is -2.37. The van der Waals surface area contributed by atoms with Crippen LogP contribution in [0.2, 0.25) is 0 Å². The molecule has 0 aliphatic heterocycles. The number of amides is 1. The molecule has 6 nitrogen and oxygen atoms in total. The first-order chi connectivity index (χ1) is 10.2. The van der Waals surface area contributed by atoms with E-state index >= 15 is 0 Å². The molecule has 3 N–H and O–H groups in total. The third-order valence-electron chi connectivity index (χ3n) is 2.71. The quantitative estimate of drug-likeness (QED) is 0.271. The molecule has 0 unspecified atom stereocenters. The molecule has 0 radical (unpaired) electrons. The van der Waals surface area contributed by atoms with Gasteiger partial charge in [-0.15, -0.1) is 24.0 Å². The Morgan fingerprint density at radius 3 is 2.18 bits per heavy atom. The summed E-state index contributed by atoms with van der Waals surface area (Å²) in [5.41, 5.74) is 0.610. The normalized spacial score (nSPS) is 9.23. The number of carbonyl (C=O) groups is 1. The third kappa shape index (κ3) is 7.48. The monoisotopic (exact) mass is 420 g/mol. The van der Waals surface area contributed by atoms with Crippen molar-refractivity contribution < 1.29 is 9.53 Å². The van der Waals surface area contributed by atoms with Gasteiger partial charge in [0.15, 0.2) is 5.96 Å². The van der Waals surface area contributed by atoms with E-state index in [-0.39, 0.29) is 29.9 Å². The Bertz CT molecular complexity index is 455. The van der Waals surface area contributed by atoms with Gasteiger partial charge in [-0.25, -0.2) is 0 Å². The van der Waals surface area contributed by atoms with Gasteiger partial charge in [-0.1, -0.05) is 0 Å². The fourth-order valence-corrected chi connectivity index (χ4v) is 1.69. The van der Waals surface area contributed by atoms with E-state index in [1.807, 2.05) is 13.8 Å². The highest BCUT2D eigenvalue weighted by molar-refractivity contribution is 14.0. The molecule has 0 saturated carbocycles. The van der Waals surface area contributed by atoms with Gasteiger partial charge in [-0.3, -0.25) is 9.79 Å². The van der Waals surface area contributed by atoms with Gasteiger partial charge in [0.2, 0.25) is 0 Å². The first-order valence-electron chi connectivity index (χ1n) is 7.15. The summed E-state index contributed by atoms with van der Waals surface area (Å²) in [4.78, 5) is 16.3. The number of ether oxygens (including phenoxy) is 1. The minimum atomic E-state index is -0.110. The number of guanidine groups is 1. The van der Waals surface area contributed by atoms with Crippen LogP contribution in [-0.2, 0) is 0 Å². The second kappa shape index (κ2) is 12.1. The average Bonchev–Trinajstić information content (AvgIpc) is 2.51. The van der Waals surface area contributed by atoms with Gasteiger partial charge in [-0.2, -0.15) is 0 Å². The Morgan fingerprint density at radius 1 is 1.09 bits per heavy atom. The summed E-state index contributed by atoms with van der Waals surface area (Å²) in [7, 11) is 1.60. The molecule has 1 aromatic rings. The minimum Gasteiger partial charge on any atom is -0.497 e. The molecule has 0 aromatic heterocycles. The molecule has 22 heavy (non-hydrogen) atoms. The van der Waals surface area contributed by atoms with Gasteiger partial charge in [0.25, 0.3) is 5.91 Å². The zero-order valence-electron chi connectivity index (χ0n) is 13.3. The van der Waals surface area contributed by atoms with Gasteiger partial charge in [0.1, 0.15) is 5.75 Å². The minimum absolute atomic E-state index is 0. The van der Waals surface area contributed by atoms with Crippen LogP contribution in [0.15, 0.2) is 29.3 Å². The van der Waals surface area contributed by atoms with Crippen LogP contribution in [0.4, 0.5) is 0 Å². The van der Waals surface area contributed by atoms with Crippen molar-refractivity contribution in [3.8, 4) is 5.75 Å². The molecule has 1 aromatic carbocycles. The first-order valence-corrected chi connectivity index (χ1v) is 7.15. The highest BCUT2D eigenvalue weighted by atomic mass is 127. The van der Waals surface area contributed by atoms with E-state index in [2.05, 4.69) is 20.9 Å². The molecular weight excluding hydrogens is 395 g/mol. The molecule has 0 atom stereocenters. The first kappa shape index (κ1) is 20.5. The summed E-state index contributed by atoms with van der Waals surface area (Å²) >= 11 is 0. The molecule has 124 valence electrons. The number of nitrogens with zero attached hydrogens (tertiary/aromatic N) is 1. The van der Waals surface area contributed by atoms with Crippen molar-refractivity contribution in [2.45, 2.75) is 13.8 Å². The predicted octanol–water partition coefficient (Wildman–Crippen LogP) is 1.62. The van der Waals surface area contributed by atoms with Crippen LogP contribution in [0, 0.1) is 0 Å². The van der Waals surface area contributed by atoms with Crippen molar-refractivity contribution in [1.29, 1.82) is 0 Å². The second-order valence-electron chi connectivity index (χ2n) is 4.28. The van der Waals surface area contributed by atoms with Gasteiger partial charge in [-0.05, 0) is 38.1 Å². The number of aliphatic imine (C=N–C) groups is 1. The molecule has 0 bridgehead atoms. The van der Waals surface area contributed by atoms with Crippen molar-refractivity contribution in [2.24, 2.45) is 4.99 Å². The average molecular weight is 420 g/mol. The summed E-state index contributed by atoms with van der Waals surface area (Å²) < 4.78 is 5.06. The van der Waals surface area contributed by atoms with Crippen LogP contribution in [0.3, 0.4) is 0 Å². The van der Waals surface area contributed by atoms with Crippen molar-refractivity contribution in [1.82, 2.24) is 16.0 Å². The lowest BCUT2D eigenvalue weighted by molar-refractivity contribution is 0.0955. The third-order valence-corrected chi connectivity index (χ3v) is 2.71. The van der Waals surface area contributed by atoms with Gasteiger partial charge >= 0.3 is 0 Å². The van der Waals surface area contributed by atoms with Crippen molar-refractivity contribution in [2.75, 3.05) is 33.3 Å². The fraction of sp³-hybridized carbons (Fsp3) is 0.467. The van der Waals surface area contributed by atoms with E-state index in [1.165, 1.54) is 0 Å². The lowest BCUT2D eigenvalue weighted by atomic mass is 10.2. The molecule has 0 heterocycles. The summed E-state index contributed by atoms with van der Waals surface area (Å²) in [5.74, 6) is 1.39. The van der Waals surface area contributed by atoms with E-state index in [4.69, 9.17) is 4.74 Å². The smallest absolute Gasteiger partial charge is 0.251 e. The molecule has 0 fully saturated rings. The van der Waals surface area contributed by atoms with E-state index in [1.54, 1.807) is 31.4 Å². The largest absolute Gasteiger partial charge is 0.497 e. The summed E-state index contributed by atoms with van der Waals surface area (Å²) in [6.45, 7) is 6.66. The van der Waals surface area contributed by atoms with Crippen LogP contribution in [-0.4, -0.2) is 45.2 Å². The van der Waals surface area contributed by atoms with Crippen LogP contribution in [0.25, 0.3) is 0 Å². The summed E-state index contributed by atoms with van der Waals surface area (Å²) in [6, 6.07) is 7.00. The number of methoxy groups -OCH3 is 1. The van der Waals surface area contributed by atoms with Crippen LogP contribution >= 0.6 is 24.0 Å². The van der Waals surface area contributed by atoms with Crippen LogP contribution < -0.4 is 20.7 Å². The zero-order chi connectivity index (χ0) is 15.5. The van der Waals surface area contributed by atoms with E-state index in [0.29, 0.717) is 18.7 Å². The highest BCUT2D eigenvalue weighted by Gasteiger charge is 2.04. The standard InChI is InChI=1S/C15H24N4O2.HI/c1-4-16-15(17-5-2)19-11-10-18-14(20)12-6-8-13(21-3)9-7-12;/h6-9H,4-5,10-11H2,1-3H3,(H,18,20)(H2,16,17,19);1H. The number of carbonyl (C=O) groups excluding carboxylic acids is 1. The van der Waals surface area contributed by atoms with Gasteiger partial charge < -0.3 is 20.7 Å². The Morgan fingerprint density at radius 2 is 1.68 bits per heavy atom. The number of hydrogen-bond donors (Lipinski definition) is 3. The zero-order valence-corrected chi connectivity index (χ0v) is 15.6. The predicted molar refractivity (Wildman–Crippen MR) is 100 cm³/mol. The molecule has 1 rings (SSSR count). The second-order valence-corrected chi connectivity index (χ2v) is 4.28. The summed E-state index contributed by atoms with van der Waals surface area (Å²) in [5, 5.41) is 9.09. The maximum absolute atomic E-state index is 11.9. The molecule has 0 spiro atoms. The van der Waals surface area contributed by atoms with Gasteiger partial charge in [0.05, 0.1) is 13.7 Å². The Balaban J connectivity index is 0.00000441. The number of halogens is 1. The molecule has 0 aliphatic carbocycles. The van der Waals surface area contributed by atoms with E-state index < -0.39 is 0 Å². The van der Waals surface area contributed by atoms with Gasteiger partial charge in [0, 0.05) is 25.2 Å². The maximum atomic E-state index is 11.9. The van der Waals surface area contributed by atoms with Crippen molar-refractivity contribution in [3.63, 3.8) is 0 Å². The van der Waals surface area contributed by atoms with Crippen LogP contribution in [0.5, 0.6) is 5.75 Å².